The van der Waals surface area contributed by atoms with E-state index in [1.807, 2.05) is 12.3 Å². The van der Waals surface area contributed by atoms with Gasteiger partial charge < -0.3 is 0 Å². The molecule has 1 aromatic heterocycles. The van der Waals surface area contributed by atoms with Crippen molar-refractivity contribution in [1.82, 2.24) is 4.98 Å². The first-order chi connectivity index (χ1) is 8.13. The smallest absolute Gasteiger partial charge is 0.144 e. The zero-order valence-electron chi connectivity index (χ0n) is 9.44. The Morgan fingerprint density at radius 3 is 2.88 bits per heavy atom. The quantitative estimate of drug-likeness (QED) is 0.834. The van der Waals surface area contributed by atoms with E-state index in [-0.39, 0.29) is 18.0 Å². The van der Waals surface area contributed by atoms with E-state index >= 15 is 0 Å². The maximum absolute atomic E-state index is 12.9. The lowest BCUT2D eigenvalue weighted by Gasteiger charge is -1.99. The van der Waals surface area contributed by atoms with Crippen molar-refractivity contribution >= 4 is 17.1 Å². The molecule has 0 radical (unpaired) electrons. The molecule has 0 unspecified atom stereocenters. The molecular formula is C13H12FNOS. The number of aromatic nitrogens is 1. The average Bonchev–Trinajstić information content (AvgIpc) is 2.63. The van der Waals surface area contributed by atoms with Gasteiger partial charge in [-0.2, -0.15) is 0 Å². The van der Waals surface area contributed by atoms with Crippen molar-refractivity contribution < 1.29 is 9.18 Å². The third-order valence-corrected chi connectivity index (χ3v) is 3.27. The van der Waals surface area contributed by atoms with Crippen molar-refractivity contribution in [3.05, 3.63) is 51.7 Å². The molecule has 88 valence electrons. The Morgan fingerprint density at radius 1 is 1.41 bits per heavy atom. The summed E-state index contributed by atoms with van der Waals surface area (Å²) in [6.45, 7) is 1.90. The Labute approximate surface area is 103 Å². The fraction of sp³-hybridized carbons (Fsp3) is 0.231. The number of carbonyl (C=O) groups excluding carboxylic acids is 1. The Morgan fingerprint density at radius 2 is 2.24 bits per heavy atom. The lowest BCUT2D eigenvalue weighted by Crippen LogP contribution is -2.06. The minimum Gasteiger partial charge on any atom is -0.299 e. The van der Waals surface area contributed by atoms with Crippen molar-refractivity contribution in [2.24, 2.45) is 0 Å². The molecule has 0 aliphatic heterocycles. The standard InChI is InChI=1S/C13H12FNOS/c1-9-8-17-13(15-9)7-12(16)6-10-3-2-4-11(14)5-10/h2-5,8H,6-7H2,1H3. The highest BCUT2D eigenvalue weighted by Gasteiger charge is 2.08. The van der Waals surface area contributed by atoms with Crippen molar-refractivity contribution in [2.75, 3.05) is 0 Å². The molecular weight excluding hydrogens is 237 g/mol. The lowest BCUT2D eigenvalue weighted by atomic mass is 10.1. The molecule has 0 saturated carbocycles. The zero-order chi connectivity index (χ0) is 12.3. The second-order valence-corrected chi connectivity index (χ2v) is 4.85. The summed E-state index contributed by atoms with van der Waals surface area (Å²) in [5.74, 6) is -0.245. The number of carbonyl (C=O) groups is 1. The number of halogens is 1. The molecule has 4 heteroatoms. The van der Waals surface area contributed by atoms with Crippen LogP contribution in [0.5, 0.6) is 0 Å². The summed E-state index contributed by atoms with van der Waals surface area (Å²) < 4.78 is 12.9. The van der Waals surface area contributed by atoms with Crippen molar-refractivity contribution in [1.29, 1.82) is 0 Å². The normalized spacial score (nSPS) is 10.5. The van der Waals surface area contributed by atoms with Crippen LogP contribution in [0.15, 0.2) is 29.6 Å². The van der Waals surface area contributed by atoms with Crippen molar-refractivity contribution in [3.63, 3.8) is 0 Å². The fourth-order valence-electron chi connectivity index (χ4n) is 1.59. The minimum absolute atomic E-state index is 0.0601. The summed E-state index contributed by atoms with van der Waals surface area (Å²) in [4.78, 5) is 16.0. The van der Waals surface area contributed by atoms with Crippen LogP contribution in [0.4, 0.5) is 4.39 Å². The molecule has 0 N–H and O–H groups in total. The summed E-state index contributed by atoms with van der Waals surface area (Å²) in [5.41, 5.74) is 1.65. The largest absolute Gasteiger partial charge is 0.299 e. The number of ketones is 1. The first kappa shape index (κ1) is 11.9. The average molecular weight is 249 g/mol. The van der Waals surface area contributed by atoms with Crippen LogP contribution in [-0.2, 0) is 17.6 Å². The van der Waals surface area contributed by atoms with E-state index in [2.05, 4.69) is 4.98 Å². The maximum atomic E-state index is 12.9. The Hall–Kier alpha value is -1.55. The number of aryl methyl sites for hydroxylation is 1. The predicted octanol–water partition coefficient (Wildman–Crippen LogP) is 2.94. The molecule has 2 rings (SSSR count). The van der Waals surface area contributed by atoms with Gasteiger partial charge >= 0.3 is 0 Å². The molecule has 0 bridgehead atoms. The monoisotopic (exact) mass is 249 g/mol. The van der Waals surface area contributed by atoms with Gasteiger partial charge in [0.15, 0.2) is 0 Å². The summed E-state index contributed by atoms with van der Waals surface area (Å²) in [7, 11) is 0. The van der Waals surface area contributed by atoms with Crippen LogP contribution in [0.2, 0.25) is 0 Å². The van der Waals surface area contributed by atoms with Crippen molar-refractivity contribution in [2.45, 2.75) is 19.8 Å². The summed E-state index contributed by atoms with van der Waals surface area (Å²) in [6.07, 6.45) is 0.589. The van der Waals surface area contributed by atoms with E-state index in [9.17, 15) is 9.18 Å². The van der Waals surface area contributed by atoms with E-state index in [4.69, 9.17) is 0 Å². The molecule has 0 aliphatic rings. The van der Waals surface area contributed by atoms with E-state index < -0.39 is 0 Å². The lowest BCUT2D eigenvalue weighted by molar-refractivity contribution is -0.117. The van der Waals surface area contributed by atoms with Crippen LogP contribution in [0.3, 0.4) is 0 Å². The third kappa shape index (κ3) is 3.46. The van der Waals surface area contributed by atoms with Crippen LogP contribution in [-0.4, -0.2) is 10.8 Å². The fourth-order valence-corrected chi connectivity index (χ4v) is 2.39. The molecule has 0 spiro atoms. The van der Waals surface area contributed by atoms with Gasteiger partial charge in [0.2, 0.25) is 0 Å². The van der Waals surface area contributed by atoms with Crippen LogP contribution in [0.25, 0.3) is 0 Å². The number of Topliss-reactive ketones (excluding diaryl/α,β-unsaturated/α-hetero) is 1. The summed E-state index contributed by atoms with van der Waals surface area (Å²) in [5, 5.41) is 2.74. The molecule has 0 saturated heterocycles. The van der Waals surface area contributed by atoms with Crippen LogP contribution in [0, 0.1) is 12.7 Å². The highest BCUT2D eigenvalue weighted by atomic mass is 32.1. The molecule has 2 nitrogen and oxygen atoms in total. The molecule has 2 aromatic rings. The van der Waals surface area contributed by atoms with Crippen LogP contribution < -0.4 is 0 Å². The van der Waals surface area contributed by atoms with Gasteiger partial charge in [-0.1, -0.05) is 12.1 Å². The Kier molecular flexibility index (Phi) is 3.64. The number of rotatable bonds is 4. The van der Waals surface area contributed by atoms with Gasteiger partial charge in [-0.25, -0.2) is 9.37 Å². The van der Waals surface area contributed by atoms with Gasteiger partial charge in [0.1, 0.15) is 16.6 Å². The number of benzene rings is 1. The highest BCUT2D eigenvalue weighted by molar-refractivity contribution is 7.09. The molecule has 17 heavy (non-hydrogen) atoms. The van der Waals surface area contributed by atoms with Gasteiger partial charge in [-0.15, -0.1) is 11.3 Å². The van der Waals surface area contributed by atoms with Crippen molar-refractivity contribution in [3.8, 4) is 0 Å². The number of nitrogens with zero attached hydrogens (tertiary/aromatic N) is 1. The van der Waals surface area contributed by atoms with E-state index in [1.54, 1.807) is 12.1 Å². The SMILES string of the molecule is Cc1csc(CC(=O)Cc2cccc(F)c2)n1. The second-order valence-electron chi connectivity index (χ2n) is 3.90. The second kappa shape index (κ2) is 5.19. The van der Waals surface area contributed by atoms with Gasteiger partial charge in [0.05, 0.1) is 6.42 Å². The van der Waals surface area contributed by atoms with Crippen LogP contribution in [0.1, 0.15) is 16.3 Å². The first-order valence-corrected chi connectivity index (χ1v) is 6.18. The number of thiazole rings is 1. The zero-order valence-corrected chi connectivity index (χ0v) is 10.3. The van der Waals surface area contributed by atoms with E-state index in [0.717, 1.165) is 10.7 Å². The molecule has 0 amide bonds. The molecule has 1 heterocycles. The van der Waals surface area contributed by atoms with E-state index in [0.29, 0.717) is 12.0 Å². The third-order valence-electron chi connectivity index (χ3n) is 2.31. The molecule has 1 aromatic carbocycles. The maximum Gasteiger partial charge on any atom is 0.144 e. The number of hydrogen-bond donors (Lipinski definition) is 0. The van der Waals surface area contributed by atoms with Gasteiger partial charge in [0.25, 0.3) is 0 Å². The summed E-state index contributed by atoms with van der Waals surface area (Å²) in [6, 6.07) is 6.14. The molecule has 0 fully saturated rings. The number of hydrogen-bond acceptors (Lipinski definition) is 3. The highest BCUT2D eigenvalue weighted by Crippen LogP contribution is 2.11. The summed E-state index contributed by atoms with van der Waals surface area (Å²) >= 11 is 1.49. The topological polar surface area (TPSA) is 30.0 Å². The Bertz CT molecular complexity index is 536. The van der Waals surface area contributed by atoms with Gasteiger partial charge in [-0.3, -0.25) is 4.79 Å². The molecule has 0 atom stereocenters. The predicted molar refractivity (Wildman–Crippen MR) is 65.7 cm³/mol. The molecule has 0 aliphatic carbocycles. The van der Waals surface area contributed by atoms with Crippen LogP contribution >= 0.6 is 11.3 Å². The van der Waals surface area contributed by atoms with Gasteiger partial charge in [0, 0.05) is 17.5 Å². The Balaban J connectivity index is 1.98. The minimum atomic E-state index is -0.305. The van der Waals surface area contributed by atoms with Gasteiger partial charge in [-0.05, 0) is 24.6 Å². The van der Waals surface area contributed by atoms with E-state index in [1.165, 1.54) is 23.5 Å². The first-order valence-electron chi connectivity index (χ1n) is 5.30.